The Morgan fingerprint density at radius 2 is 1.96 bits per heavy atom. The van der Waals surface area contributed by atoms with Crippen LogP contribution in [0.2, 0.25) is 0 Å². The van der Waals surface area contributed by atoms with Gasteiger partial charge in [-0.3, -0.25) is 9.59 Å². The van der Waals surface area contributed by atoms with Gasteiger partial charge >= 0.3 is 11.8 Å². The fraction of sp³-hybridized carbons (Fsp3) is 0.368. The van der Waals surface area contributed by atoms with Crippen LogP contribution in [0.4, 0.5) is 5.69 Å². The van der Waals surface area contributed by atoms with Crippen molar-refractivity contribution in [2.45, 2.75) is 23.5 Å². The summed E-state index contributed by atoms with van der Waals surface area (Å²) in [4.78, 5) is 28.1. The summed E-state index contributed by atoms with van der Waals surface area (Å²) in [7, 11) is 0. The molecule has 1 aromatic heterocycles. The van der Waals surface area contributed by atoms with E-state index in [0.717, 1.165) is 29.2 Å². The van der Waals surface area contributed by atoms with Crippen molar-refractivity contribution in [3.63, 3.8) is 0 Å². The Bertz CT molecular complexity index is 788. The summed E-state index contributed by atoms with van der Waals surface area (Å²) in [6, 6.07) is 11.9. The van der Waals surface area contributed by atoms with Crippen molar-refractivity contribution >= 4 is 52.4 Å². The maximum absolute atomic E-state index is 12.7. The molecule has 2 amide bonds. The number of amides is 2. The van der Waals surface area contributed by atoms with Crippen LogP contribution in [-0.2, 0) is 9.59 Å². The molecule has 0 spiro atoms. The number of thioether (sulfide) groups is 2. The Labute approximate surface area is 165 Å². The van der Waals surface area contributed by atoms with Crippen LogP contribution in [0.15, 0.2) is 41.8 Å². The molecule has 0 aliphatic carbocycles. The van der Waals surface area contributed by atoms with Gasteiger partial charge in [-0.15, -0.1) is 34.9 Å². The SMILES string of the molecule is O=C(Nc1cccc(C2SCCS2)c1)C(=O)N1CCC[C@H]1c1cccs1. The molecule has 2 fully saturated rings. The fourth-order valence-electron chi connectivity index (χ4n) is 3.42. The summed E-state index contributed by atoms with van der Waals surface area (Å²) >= 11 is 5.49. The lowest BCUT2D eigenvalue weighted by molar-refractivity contribution is -0.143. The molecular weight excluding hydrogens is 384 g/mol. The molecule has 3 heterocycles. The molecule has 2 aromatic rings. The molecule has 0 bridgehead atoms. The van der Waals surface area contributed by atoms with E-state index in [1.807, 2.05) is 59.2 Å². The minimum Gasteiger partial charge on any atom is -0.327 e. The molecule has 136 valence electrons. The minimum absolute atomic E-state index is 0.0332. The molecule has 1 aromatic carbocycles. The number of nitrogens with one attached hydrogen (secondary N) is 1. The van der Waals surface area contributed by atoms with E-state index in [1.54, 1.807) is 16.2 Å². The number of benzene rings is 1. The molecule has 4 nitrogen and oxygen atoms in total. The van der Waals surface area contributed by atoms with Crippen LogP contribution >= 0.6 is 34.9 Å². The van der Waals surface area contributed by atoms with E-state index >= 15 is 0 Å². The zero-order valence-corrected chi connectivity index (χ0v) is 16.7. The Morgan fingerprint density at radius 1 is 1.12 bits per heavy atom. The summed E-state index contributed by atoms with van der Waals surface area (Å²) in [6.07, 6.45) is 1.86. The second kappa shape index (κ2) is 8.06. The van der Waals surface area contributed by atoms with Crippen LogP contribution < -0.4 is 5.32 Å². The van der Waals surface area contributed by atoms with E-state index in [4.69, 9.17) is 0 Å². The average molecular weight is 405 g/mol. The molecule has 1 atom stereocenters. The number of anilines is 1. The molecule has 2 aliphatic rings. The van der Waals surface area contributed by atoms with Crippen molar-refractivity contribution in [3.05, 3.63) is 52.2 Å². The van der Waals surface area contributed by atoms with Gasteiger partial charge in [0.05, 0.1) is 10.6 Å². The fourth-order valence-corrected chi connectivity index (χ4v) is 7.13. The van der Waals surface area contributed by atoms with Gasteiger partial charge in [0.2, 0.25) is 0 Å². The summed E-state index contributed by atoms with van der Waals surface area (Å²) in [5, 5.41) is 4.82. The zero-order chi connectivity index (χ0) is 17.9. The number of likely N-dealkylation sites (tertiary alicyclic amines) is 1. The molecule has 2 saturated heterocycles. The number of carbonyl (C=O) groups is 2. The van der Waals surface area contributed by atoms with Crippen LogP contribution in [0.3, 0.4) is 0 Å². The first kappa shape index (κ1) is 17.9. The first-order valence-corrected chi connectivity index (χ1v) is 11.7. The largest absolute Gasteiger partial charge is 0.327 e. The molecule has 4 rings (SSSR count). The van der Waals surface area contributed by atoms with E-state index in [1.165, 1.54) is 5.56 Å². The van der Waals surface area contributed by atoms with E-state index in [9.17, 15) is 9.59 Å². The lowest BCUT2D eigenvalue weighted by Crippen LogP contribution is -2.39. The third-order valence-electron chi connectivity index (χ3n) is 4.62. The lowest BCUT2D eigenvalue weighted by Gasteiger charge is -2.23. The summed E-state index contributed by atoms with van der Waals surface area (Å²) in [5.41, 5.74) is 1.89. The maximum atomic E-state index is 12.7. The predicted molar refractivity (Wildman–Crippen MR) is 111 cm³/mol. The molecule has 26 heavy (non-hydrogen) atoms. The summed E-state index contributed by atoms with van der Waals surface area (Å²) in [5.74, 6) is 1.33. The predicted octanol–water partition coefficient (Wildman–Crippen LogP) is 4.53. The molecular formula is C19H20N2O2S3. The smallest absolute Gasteiger partial charge is 0.313 e. The van der Waals surface area contributed by atoms with Crippen LogP contribution in [0.1, 0.15) is 33.9 Å². The second-order valence-electron chi connectivity index (χ2n) is 6.33. The highest BCUT2D eigenvalue weighted by molar-refractivity contribution is 8.19. The van der Waals surface area contributed by atoms with E-state index < -0.39 is 11.8 Å². The van der Waals surface area contributed by atoms with Gasteiger partial charge in [-0.05, 0) is 42.0 Å². The highest BCUT2D eigenvalue weighted by atomic mass is 32.2. The number of hydrogen-bond acceptors (Lipinski definition) is 5. The third kappa shape index (κ3) is 3.80. The minimum atomic E-state index is -0.544. The van der Waals surface area contributed by atoms with E-state index in [-0.39, 0.29) is 6.04 Å². The van der Waals surface area contributed by atoms with Crippen molar-refractivity contribution in [1.82, 2.24) is 4.90 Å². The van der Waals surface area contributed by atoms with Gasteiger partial charge in [0, 0.05) is 28.6 Å². The van der Waals surface area contributed by atoms with Gasteiger partial charge in [0.15, 0.2) is 0 Å². The quantitative estimate of drug-likeness (QED) is 0.764. The van der Waals surface area contributed by atoms with Gasteiger partial charge in [-0.1, -0.05) is 18.2 Å². The first-order chi connectivity index (χ1) is 12.7. The Hall–Kier alpha value is -1.44. The van der Waals surface area contributed by atoms with Gasteiger partial charge in [0.25, 0.3) is 0 Å². The maximum Gasteiger partial charge on any atom is 0.313 e. The molecule has 7 heteroatoms. The Morgan fingerprint density at radius 3 is 2.73 bits per heavy atom. The highest BCUT2D eigenvalue weighted by Crippen LogP contribution is 2.45. The van der Waals surface area contributed by atoms with Crippen LogP contribution in [0, 0.1) is 0 Å². The third-order valence-corrected chi connectivity index (χ3v) is 8.70. The highest BCUT2D eigenvalue weighted by Gasteiger charge is 2.34. The average Bonchev–Trinajstić information content (AvgIpc) is 3.43. The second-order valence-corrected chi connectivity index (χ2v) is 10.0. The van der Waals surface area contributed by atoms with Crippen molar-refractivity contribution in [2.24, 2.45) is 0 Å². The van der Waals surface area contributed by atoms with Gasteiger partial charge in [0.1, 0.15) is 0 Å². The van der Waals surface area contributed by atoms with Crippen molar-refractivity contribution in [3.8, 4) is 0 Å². The number of carbonyl (C=O) groups excluding carboxylic acids is 2. The number of rotatable bonds is 3. The molecule has 0 saturated carbocycles. The molecule has 0 unspecified atom stereocenters. The standard InChI is InChI=1S/C19H20N2O2S3/c22-17(18(23)21-8-2-6-15(21)16-7-3-9-24-16)20-14-5-1-4-13(12-14)19-25-10-11-26-19/h1,3-5,7,9,12,15,19H,2,6,8,10-11H2,(H,20,22)/t15-/m0/s1. The molecule has 2 aliphatic heterocycles. The normalized spacial score (nSPS) is 20.5. The topological polar surface area (TPSA) is 49.4 Å². The van der Waals surface area contributed by atoms with Crippen molar-refractivity contribution in [1.29, 1.82) is 0 Å². The van der Waals surface area contributed by atoms with Crippen molar-refractivity contribution < 1.29 is 9.59 Å². The van der Waals surface area contributed by atoms with Gasteiger partial charge in [-0.25, -0.2) is 0 Å². The summed E-state index contributed by atoms with van der Waals surface area (Å²) in [6.45, 7) is 0.643. The molecule has 0 radical (unpaired) electrons. The number of nitrogens with zero attached hydrogens (tertiary/aromatic N) is 1. The first-order valence-electron chi connectivity index (χ1n) is 8.71. The Balaban J connectivity index is 1.44. The lowest BCUT2D eigenvalue weighted by atomic mass is 10.2. The van der Waals surface area contributed by atoms with E-state index in [2.05, 4.69) is 11.4 Å². The molecule has 1 N–H and O–H groups in total. The monoisotopic (exact) mass is 404 g/mol. The number of thiophene rings is 1. The van der Waals surface area contributed by atoms with Gasteiger partial charge in [-0.2, -0.15) is 0 Å². The zero-order valence-electron chi connectivity index (χ0n) is 14.2. The van der Waals surface area contributed by atoms with E-state index in [0.29, 0.717) is 16.8 Å². The van der Waals surface area contributed by atoms with Gasteiger partial charge < -0.3 is 10.2 Å². The van der Waals surface area contributed by atoms with Crippen LogP contribution in [0.5, 0.6) is 0 Å². The number of hydrogen-bond donors (Lipinski definition) is 1. The van der Waals surface area contributed by atoms with Crippen LogP contribution in [-0.4, -0.2) is 34.8 Å². The Kier molecular flexibility index (Phi) is 5.57. The van der Waals surface area contributed by atoms with Crippen LogP contribution in [0.25, 0.3) is 0 Å². The van der Waals surface area contributed by atoms with Crippen molar-refractivity contribution in [2.75, 3.05) is 23.4 Å². The summed E-state index contributed by atoms with van der Waals surface area (Å²) < 4.78 is 0.421.